The molecule has 0 aromatic rings. The van der Waals surface area contributed by atoms with Crippen molar-refractivity contribution in [1.82, 2.24) is 10.2 Å². The SMILES string of the molecule is CCN(C(=O)CNCC1CC1)C1CCCCC1. The van der Waals surface area contributed by atoms with Gasteiger partial charge in [0, 0.05) is 12.6 Å². The van der Waals surface area contributed by atoms with Gasteiger partial charge in [-0.1, -0.05) is 19.3 Å². The van der Waals surface area contributed by atoms with Gasteiger partial charge in [-0.15, -0.1) is 0 Å². The molecule has 0 aromatic carbocycles. The molecule has 0 unspecified atom stereocenters. The lowest BCUT2D eigenvalue weighted by atomic mass is 9.94. The Morgan fingerprint density at radius 1 is 1.18 bits per heavy atom. The van der Waals surface area contributed by atoms with Crippen molar-refractivity contribution in [3.63, 3.8) is 0 Å². The van der Waals surface area contributed by atoms with Crippen LogP contribution in [0.25, 0.3) is 0 Å². The molecule has 2 rings (SSSR count). The lowest BCUT2D eigenvalue weighted by Gasteiger charge is -2.33. The molecule has 0 atom stereocenters. The van der Waals surface area contributed by atoms with Crippen molar-refractivity contribution < 1.29 is 4.79 Å². The Hall–Kier alpha value is -0.570. The predicted molar refractivity (Wildman–Crippen MR) is 69.9 cm³/mol. The van der Waals surface area contributed by atoms with Gasteiger partial charge in [-0.05, 0) is 45.1 Å². The van der Waals surface area contributed by atoms with Gasteiger partial charge in [-0.25, -0.2) is 0 Å². The molecular weight excluding hydrogens is 212 g/mol. The summed E-state index contributed by atoms with van der Waals surface area (Å²) in [5.74, 6) is 1.16. The molecule has 0 saturated heterocycles. The van der Waals surface area contributed by atoms with Crippen molar-refractivity contribution in [3.05, 3.63) is 0 Å². The highest BCUT2D eigenvalue weighted by molar-refractivity contribution is 5.78. The van der Waals surface area contributed by atoms with E-state index in [9.17, 15) is 4.79 Å². The van der Waals surface area contributed by atoms with Crippen LogP contribution in [0.5, 0.6) is 0 Å². The van der Waals surface area contributed by atoms with Crippen molar-refractivity contribution in [3.8, 4) is 0 Å². The van der Waals surface area contributed by atoms with E-state index in [0.717, 1.165) is 19.0 Å². The highest BCUT2D eigenvalue weighted by Gasteiger charge is 2.25. The second kappa shape index (κ2) is 6.39. The second-order valence-corrected chi connectivity index (χ2v) is 5.55. The van der Waals surface area contributed by atoms with Gasteiger partial charge < -0.3 is 10.2 Å². The van der Waals surface area contributed by atoms with Gasteiger partial charge >= 0.3 is 0 Å². The number of carbonyl (C=O) groups excluding carboxylic acids is 1. The van der Waals surface area contributed by atoms with Gasteiger partial charge in [0.1, 0.15) is 0 Å². The highest BCUT2D eigenvalue weighted by Crippen LogP contribution is 2.27. The van der Waals surface area contributed by atoms with Crippen LogP contribution in [0.2, 0.25) is 0 Å². The second-order valence-electron chi connectivity index (χ2n) is 5.55. The van der Waals surface area contributed by atoms with Crippen LogP contribution in [0.3, 0.4) is 0 Å². The smallest absolute Gasteiger partial charge is 0.236 e. The number of hydrogen-bond donors (Lipinski definition) is 1. The molecule has 98 valence electrons. The van der Waals surface area contributed by atoms with E-state index in [2.05, 4.69) is 17.1 Å². The molecule has 1 N–H and O–H groups in total. The summed E-state index contributed by atoms with van der Waals surface area (Å²) in [6, 6.07) is 0.518. The molecule has 2 aliphatic rings. The Balaban J connectivity index is 1.72. The summed E-state index contributed by atoms with van der Waals surface area (Å²) in [7, 11) is 0. The summed E-state index contributed by atoms with van der Waals surface area (Å²) >= 11 is 0. The Labute approximate surface area is 105 Å². The zero-order valence-corrected chi connectivity index (χ0v) is 11.1. The maximum Gasteiger partial charge on any atom is 0.236 e. The number of carbonyl (C=O) groups is 1. The first-order valence-electron chi connectivity index (χ1n) is 7.31. The molecular formula is C14H26N2O. The van der Waals surface area contributed by atoms with Crippen molar-refractivity contribution >= 4 is 5.91 Å². The molecule has 2 aliphatic carbocycles. The molecule has 3 heteroatoms. The van der Waals surface area contributed by atoms with Crippen molar-refractivity contribution in [2.24, 2.45) is 5.92 Å². The van der Waals surface area contributed by atoms with Crippen LogP contribution in [0, 0.1) is 5.92 Å². The molecule has 1 amide bonds. The first kappa shape index (κ1) is 12.9. The van der Waals surface area contributed by atoms with Gasteiger partial charge in [0.05, 0.1) is 6.54 Å². The number of nitrogens with zero attached hydrogens (tertiary/aromatic N) is 1. The number of rotatable bonds is 6. The summed E-state index contributed by atoms with van der Waals surface area (Å²) in [4.78, 5) is 14.2. The van der Waals surface area contributed by atoms with Crippen LogP contribution in [0.1, 0.15) is 51.9 Å². The van der Waals surface area contributed by atoms with Gasteiger partial charge in [0.15, 0.2) is 0 Å². The number of amides is 1. The Morgan fingerprint density at radius 3 is 2.47 bits per heavy atom. The van der Waals surface area contributed by atoms with E-state index in [1.165, 1.54) is 44.9 Å². The van der Waals surface area contributed by atoms with Crippen molar-refractivity contribution in [2.45, 2.75) is 57.9 Å². The number of likely N-dealkylation sites (N-methyl/N-ethyl adjacent to an activating group) is 1. The van der Waals surface area contributed by atoms with Crippen LogP contribution >= 0.6 is 0 Å². The zero-order chi connectivity index (χ0) is 12.1. The van der Waals surface area contributed by atoms with Gasteiger partial charge in [0.2, 0.25) is 5.91 Å². The monoisotopic (exact) mass is 238 g/mol. The fourth-order valence-electron chi connectivity index (χ4n) is 2.84. The molecule has 0 bridgehead atoms. The fraction of sp³-hybridized carbons (Fsp3) is 0.929. The molecule has 0 radical (unpaired) electrons. The summed E-state index contributed by atoms with van der Waals surface area (Å²) < 4.78 is 0. The number of hydrogen-bond acceptors (Lipinski definition) is 2. The normalized spacial score (nSPS) is 21.5. The lowest BCUT2D eigenvalue weighted by Crippen LogP contribution is -2.45. The van der Waals surface area contributed by atoms with Crippen LogP contribution in [0.15, 0.2) is 0 Å². The van der Waals surface area contributed by atoms with Crippen LogP contribution < -0.4 is 5.32 Å². The molecule has 0 aromatic heterocycles. The molecule has 2 saturated carbocycles. The standard InChI is InChI=1S/C14H26N2O/c1-2-16(13-6-4-3-5-7-13)14(17)11-15-10-12-8-9-12/h12-13,15H,2-11H2,1H3. The highest BCUT2D eigenvalue weighted by atomic mass is 16.2. The zero-order valence-electron chi connectivity index (χ0n) is 11.1. The average Bonchev–Trinajstić information content (AvgIpc) is 3.15. The third-order valence-corrected chi connectivity index (χ3v) is 4.08. The minimum atomic E-state index is 0.306. The van der Waals surface area contributed by atoms with Gasteiger partial charge in [0.25, 0.3) is 0 Å². The summed E-state index contributed by atoms with van der Waals surface area (Å²) in [5, 5.41) is 3.31. The van der Waals surface area contributed by atoms with Crippen LogP contribution in [0.4, 0.5) is 0 Å². The molecule has 2 fully saturated rings. The van der Waals surface area contributed by atoms with E-state index in [1.54, 1.807) is 0 Å². The van der Waals surface area contributed by atoms with Crippen LogP contribution in [-0.2, 0) is 4.79 Å². The van der Waals surface area contributed by atoms with E-state index < -0.39 is 0 Å². The average molecular weight is 238 g/mol. The predicted octanol–water partition coefficient (Wildman–Crippen LogP) is 2.17. The van der Waals surface area contributed by atoms with E-state index in [-0.39, 0.29) is 0 Å². The molecule has 17 heavy (non-hydrogen) atoms. The van der Waals surface area contributed by atoms with Gasteiger partial charge in [-0.3, -0.25) is 4.79 Å². The molecule has 0 aliphatic heterocycles. The summed E-state index contributed by atoms with van der Waals surface area (Å²) in [6.45, 7) is 4.55. The Kier molecular flexibility index (Phi) is 4.84. The minimum absolute atomic E-state index is 0.306. The maximum absolute atomic E-state index is 12.1. The molecule has 3 nitrogen and oxygen atoms in total. The van der Waals surface area contributed by atoms with Crippen molar-refractivity contribution in [2.75, 3.05) is 19.6 Å². The topological polar surface area (TPSA) is 32.3 Å². The first-order valence-corrected chi connectivity index (χ1v) is 7.31. The first-order chi connectivity index (χ1) is 8.31. The van der Waals surface area contributed by atoms with E-state index >= 15 is 0 Å². The van der Waals surface area contributed by atoms with Gasteiger partial charge in [-0.2, -0.15) is 0 Å². The maximum atomic E-state index is 12.1. The fourth-order valence-corrected chi connectivity index (χ4v) is 2.84. The van der Waals surface area contributed by atoms with Crippen LogP contribution in [-0.4, -0.2) is 36.5 Å². The third kappa shape index (κ3) is 3.98. The Morgan fingerprint density at radius 2 is 1.88 bits per heavy atom. The summed E-state index contributed by atoms with van der Waals surface area (Å²) in [5.41, 5.74) is 0. The van der Waals surface area contributed by atoms with Crippen molar-refractivity contribution in [1.29, 1.82) is 0 Å². The van der Waals surface area contributed by atoms with E-state index in [1.807, 2.05) is 0 Å². The third-order valence-electron chi connectivity index (χ3n) is 4.08. The molecule has 0 heterocycles. The Bertz CT molecular complexity index is 245. The molecule has 0 spiro atoms. The minimum Gasteiger partial charge on any atom is -0.339 e. The quantitative estimate of drug-likeness (QED) is 0.769. The largest absolute Gasteiger partial charge is 0.339 e. The van der Waals surface area contributed by atoms with E-state index in [0.29, 0.717) is 18.5 Å². The lowest BCUT2D eigenvalue weighted by molar-refractivity contribution is -0.133. The van der Waals surface area contributed by atoms with E-state index in [4.69, 9.17) is 0 Å². The number of nitrogens with one attached hydrogen (secondary N) is 1. The summed E-state index contributed by atoms with van der Waals surface area (Å²) in [6.07, 6.45) is 9.06.